The molecular formula is C21H28N5O5+. The first kappa shape index (κ1) is 20.1. The van der Waals surface area contributed by atoms with Gasteiger partial charge in [-0.3, -0.25) is 19.1 Å². The van der Waals surface area contributed by atoms with E-state index in [9.17, 15) is 9.59 Å². The Balaban J connectivity index is 1.11. The summed E-state index contributed by atoms with van der Waals surface area (Å²) in [7, 11) is 0. The van der Waals surface area contributed by atoms with Crippen molar-refractivity contribution in [2.24, 2.45) is 0 Å². The summed E-state index contributed by atoms with van der Waals surface area (Å²) in [5.74, 6) is 1.66. The quantitative estimate of drug-likeness (QED) is 0.656. The molecule has 0 unspecified atom stereocenters. The number of aromatic nitrogens is 2. The normalized spacial score (nSPS) is 22.1. The van der Waals surface area contributed by atoms with Gasteiger partial charge in [-0.1, -0.05) is 10.7 Å². The molecule has 1 aromatic carbocycles. The topological polar surface area (TPSA) is 95.1 Å². The van der Waals surface area contributed by atoms with Gasteiger partial charge in [0.05, 0.1) is 0 Å². The van der Waals surface area contributed by atoms with Crippen molar-refractivity contribution in [3.63, 3.8) is 0 Å². The molecule has 10 heteroatoms. The molecule has 166 valence electrons. The van der Waals surface area contributed by atoms with Crippen LogP contribution in [0, 0.1) is 0 Å². The number of piperazine rings is 1. The molecule has 1 aromatic heterocycles. The summed E-state index contributed by atoms with van der Waals surface area (Å²) >= 11 is 0. The molecule has 31 heavy (non-hydrogen) atoms. The summed E-state index contributed by atoms with van der Waals surface area (Å²) in [4.78, 5) is 30.7. The van der Waals surface area contributed by atoms with Crippen molar-refractivity contribution in [2.45, 2.75) is 32.0 Å². The molecule has 2 aromatic rings. The predicted octanol–water partition coefficient (Wildman–Crippen LogP) is -0.207. The number of likely N-dealkylation sites (tertiary alicyclic amines) is 1. The highest BCUT2D eigenvalue weighted by Gasteiger charge is 2.31. The average Bonchev–Trinajstić information content (AvgIpc) is 3.42. The molecule has 0 aliphatic carbocycles. The summed E-state index contributed by atoms with van der Waals surface area (Å²) in [5, 5.41) is 2.44. The van der Waals surface area contributed by atoms with Crippen molar-refractivity contribution in [1.29, 1.82) is 0 Å². The van der Waals surface area contributed by atoms with E-state index in [1.807, 2.05) is 11.0 Å². The van der Waals surface area contributed by atoms with Crippen molar-refractivity contribution in [3.8, 4) is 11.5 Å². The summed E-state index contributed by atoms with van der Waals surface area (Å²) < 4.78 is 16.9. The SMILES string of the molecule is O=C(C[n+]1cc(=O)o[nH]1)N1CCC[C@@H](N2CCN(Cc3ccc4c(c3)OCO4)CC2)C1. The molecule has 1 N–H and O–H groups in total. The number of piperidine rings is 1. The third-order valence-electron chi connectivity index (χ3n) is 6.35. The first-order valence-electron chi connectivity index (χ1n) is 10.8. The Morgan fingerprint density at radius 3 is 2.77 bits per heavy atom. The number of nitrogens with zero attached hydrogens (tertiary/aromatic N) is 4. The number of amides is 1. The number of benzene rings is 1. The van der Waals surface area contributed by atoms with Crippen molar-refractivity contribution >= 4 is 5.91 Å². The predicted molar refractivity (Wildman–Crippen MR) is 109 cm³/mol. The van der Waals surface area contributed by atoms with E-state index < -0.39 is 5.63 Å². The number of nitrogens with one attached hydrogen (secondary N) is 1. The van der Waals surface area contributed by atoms with Crippen LogP contribution >= 0.6 is 0 Å². The highest BCUT2D eigenvalue weighted by atomic mass is 16.7. The van der Waals surface area contributed by atoms with Crippen LogP contribution in [0.2, 0.25) is 0 Å². The van der Waals surface area contributed by atoms with Gasteiger partial charge in [-0.25, -0.2) is 4.79 Å². The van der Waals surface area contributed by atoms with Crippen LogP contribution in [-0.4, -0.2) is 78.0 Å². The monoisotopic (exact) mass is 430 g/mol. The Morgan fingerprint density at radius 1 is 1.13 bits per heavy atom. The number of carbonyl (C=O) groups is 1. The summed E-state index contributed by atoms with van der Waals surface area (Å²) in [6.07, 6.45) is 3.38. The molecule has 10 nitrogen and oxygen atoms in total. The molecule has 4 heterocycles. The van der Waals surface area contributed by atoms with Crippen molar-refractivity contribution in [1.82, 2.24) is 20.0 Å². The number of hydrogen-bond donors (Lipinski definition) is 1. The zero-order valence-corrected chi connectivity index (χ0v) is 17.5. The number of aromatic amines is 1. The Bertz CT molecular complexity index is 981. The third kappa shape index (κ3) is 4.59. The van der Waals surface area contributed by atoms with E-state index in [-0.39, 0.29) is 12.5 Å². The highest BCUT2D eigenvalue weighted by Crippen LogP contribution is 2.33. The van der Waals surface area contributed by atoms with Crippen LogP contribution in [-0.2, 0) is 17.9 Å². The van der Waals surface area contributed by atoms with Gasteiger partial charge in [0.1, 0.15) is 0 Å². The minimum atomic E-state index is -0.483. The molecule has 0 bridgehead atoms. The minimum absolute atomic E-state index is 0.00759. The Kier molecular flexibility index (Phi) is 5.65. The fraction of sp³-hybridized carbons (Fsp3) is 0.571. The van der Waals surface area contributed by atoms with Crippen LogP contribution in [0.25, 0.3) is 0 Å². The van der Waals surface area contributed by atoms with E-state index in [1.165, 1.54) is 16.4 Å². The van der Waals surface area contributed by atoms with Gasteiger partial charge in [0.2, 0.25) is 6.79 Å². The maximum atomic E-state index is 12.6. The fourth-order valence-corrected chi connectivity index (χ4v) is 4.67. The summed E-state index contributed by atoms with van der Waals surface area (Å²) in [5.41, 5.74) is 0.755. The van der Waals surface area contributed by atoms with Crippen molar-refractivity contribution < 1.29 is 23.5 Å². The van der Waals surface area contributed by atoms with Gasteiger partial charge in [0, 0.05) is 51.9 Å². The fourth-order valence-electron chi connectivity index (χ4n) is 4.67. The number of hydrogen-bond acceptors (Lipinski definition) is 7. The molecule has 1 amide bonds. The van der Waals surface area contributed by atoms with Gasteiger partial charge in [-0.15, -0.1) is 0 Å². The third-order valence-corrected chi connectivity index (χ3v) is 6.35. The van der Waals surface area contributed by atoms with E-state index in [2.05, 4.69) is 31.7 Å². The standard InChI is InChI=1S/C21H27N5O5/c27-20(13-26-14-21(28)31-22-26)25-5-1-2-17(12-25)24-8-6-23(7-9-24)11-16-3-4-18-19(10-16)30-15-29-18/h3-4,10,14,17H,1-2,5-9,11-13,15H2/p+1/t17-/m1/s1. The number of fused-ring (bicyclic) bond motifs is 1. The van der Waals surface area contributed by atoms with Gasteiger partial charge >= 0.3 is 5.63 Å². The van der Waals surface area contributed by atoms with Crippen LogP contribution in [0.3, 0.4) is 0 Å². The van der Waals surface area contributed by atoms with Crippen LogP contribution in [0.1, 0.15) is 18.4 Å². The van der Waals surface area contributed by atoms with Crippen molar-refractivity contribution in [2.75, 3.05) is 46.1 Å². The second-order valence-corrected chi connectivity index (χ2v) is 8.40. The van der Waals surface area contributed by atoms with E-state index in [4.69, 9.17) is 9.47 Å². The Hall–Kier alpha value is -2.85. The zero-order chi connectivity index (χ0) is 21.2. The van der Waals surface area contributed by atoms with Gasteiger partial charge in [0.25, 0.3) is 18.6 Å². The summed E-state index contributed by atoms with van der Waals surface area (Å²) in [6, 6.07) is 6.55. The van der Waals surface area contributed by atoms with E-state index in [1.54, 1.807) is 0 Å². The van der Waals surface area contributed by atoms with E-state index >= 15 is 0 Å². The van der Waals surface area contributed by atoms with Crippen LogP contribution in [0.5, 0.6) is 11.5 Å². The average molecular weight is 430 g/mol. The van der Waals surface area contributed by atoms with Gasteiger partial charge in [-0.2, -0.15) is 0 Å². The second-order valence-electron chi connectivity index (χ2n) is 8.40. The number of ether oxygens (including phenoxy) is 2. The second kappa shape index (κ2) is 8.72. The zero-order valence-electron chi connectivity index (χ0n) is 17.5. The minimum Gasteiger partial charge on any atom is -0.454 e. The van der Waals surface area contributed by atoms with Gasteiger partial charge in [-0.05, 0) is 35.8 Å². The summed E-state index contributed by atoms with van der Waals surface area (Å²) in [6.45, 7) is 6.82. The van der Waals surface area contributed by atoms with Crippen LogP contribution < -0.4 is 19.8 Å². The first-order valence-corrected chi connectivity index (χ1v) is 10.8. The molecule has 2 saturated heterocycles. The van der Waals surface area contributed by atoms with Gasteiger partial charge in [0.15, 0.2) is 11.5 Å². The van der Waals surface area contributed by atoms with Crippen LogP contribution in [0.4, 0.5) is 0 Å². The molecule has 0 saturated carbocycles. The Morgan fingerprint density at radius 2 is 1.97 bits per heavy atom. The molecule has 0 spiro atoms. The highest BCUT2D eigenvalue weighted by molar-refractivity contribution is 5.74. The van der Waals surface area contributed by atoms with E-state index in [0.29, 0.717) is 12.8 Å². The molecule has 2 fully saturated rings. The van der Waals surface area contributed by atoms with Gasteiger partial charge < -0.3 is 14.4 Å². The lowest BCUT2D eigenvalue weighted by Crippen LogP contribution is -2.57. The van der Waals surface area contributed by atoms with E-state index in [0.717, 1.165) is 70.2 Å². The molecular weight excluding hydrogens is 402 g/mol. The lowest BCUT2D eigenvalue weighted by atomic mass is 10.0. The number of carbonyl (C=O) groups excluding carboxylic acids is 1. The molecule has 3 aliphatic rings. The number of H-pyrrole nitrogens is 1. The largest absolute Gasteiger partial charge is 0.454 e. The lowest BCUT2D eigenvalue weighted by Gasteiger charge is -2.43. The maximum absolute atomic E-state index is 12.6. The lowest BCUT2D eigenvalue weighted by molar-refractivity contribution is -0.751. The van der Waals surface area contributed by atoms with Crippen LogP contribution in [0.15, 0.2) is 33.7 Å². The molecule has 1 atom stereocenters. The molecule has 3 aliphatic heterocycles. The first-order chi connectivity index (χ1) is 15.1. The number of rotatable bonds is 5. The Labute approximate surface area is 179 Å². The maximum Gasteiger partial charge on any atom is 0.426 e. The smallest absolute Gasteiger partial charge is 0.426 e. The molecule has 0 radical (unpaired) electrons. The van der Waals surface area contributed by atoms with Crippen molar-refractivity contribution in [3.05, 3.63) is 40.4 Å². The molecule has 5 rings (SSSR count).